The molecule has 1 amide bonds. The summed E-state index contributed by atoms with van der Waals surface area (Å²) >= 11 is 0. The normalized spacial score (nSPS) is 16.0. The van der Waals surface area contributed by atoms with E-state index in [1.807, 2.05) is 30.0 Å². The van der Waals surface area contributed by atoms with Gasteiger partial charge < -0.3 is 14.5 Å². The summed E-state index contributed by atoms with van der Waals surface area (Å²) in [6.45, 7) is 7.72. The van der Waals surface area contributed by atoms with E-state index in [1.165, 1.54) is 10.5 Å². The zero-order chi connectivity index (χ0) is 19.2. The molecule has 1 heterocycles. The highest BCUT2D eigenvalue weighted by molar-refractivity contribution is 5.92. The third kappa shape index (κ3) is 5.17. The lowest BCUT2D eigenvalue weighted by Gasteiger charge is -2.33. The quantitative estimate of drug-likeness (QED) is 0.815. The molecule has 1 saturated heterocycles. The van der Waals surface area contributed by atoms with Gasteiger partial charge >= 0.3 is 5.97 Å². The van der Waals surface area contributed by atoms with Crippen LogP contribution in [0.2, 0.25) is 0 Å². The number of ether oxygens (including phenoxy) is 1. The van der Waals surface area contributed by atoms with Crippen LogP contribution in [0.5, 0.6) is 0 Å². The molecular weight excluding hydrogens is 340 g/mol. The van der Waals surface area contributed by atoms with Gasteiger partial charge in [-0.25, -0.2) is 4.79 Å². The minimum atomic E-state index is -0.770. The molecule has 0 radical (unpaired) electrons. The Morgan fingerprint density at radius 1 is 1.07 bits per heavy atom. The summed E-state index contributed by atoms with van der Waals surface area (Å²) < 4.78 is 5.39. The molecule has 0 spiro atoms. The van der Waals surface area contributed by atoms with Gasteiger partial charge in [0, 0.05) is 5.56 Å². The molecule has 2 aromatic carbocycles. The van der Waals surface area contributed by atoms with E-state index in [1.54, 1.807) is 19.1 Å². The monoisotopic (exact) mass is 367 g/mol. The van der Waals surface area contributed by atoms with E-state index in [2.05, 4.69) is 24.3 Å². The second-order valence-electron chi connectivity index (χ2n) is 7.15. The van der Waals surface area contributed by atoms with Crippen LogP contribution in [0.15, 0.2) is 54.6 Å². The maximum atomic E-state index is 12.6. The summed E-state index contributed by atoms with van der Waals surface area (Å²) in [5.74, 6) is -0.567. The largest absolute Gasteiger partial charge is 0.449 e. The first-order valence-corrected chi connectivity index (χ1v) is 9.47. The van der Waals surface area contributed by atoms with Gasteiger partial charge in [0.1, 0.15) is 6.54 Å². The summed E-state index contributed by atoms with van der Waals surface area (Å²) in [4.78, 5) is 28.2. The molecule has 5 heteroatoms. The van der Waals surface area contributed by atoms with Crippen LogP contribution in [-0.4, -0.2) is 49.1 Å². The number of benzene rings is 2. The van der Waals surface area contributed by atoms with Gasteiger partial charge in [0.2, 0.25) is 0 Å². The van der Waals surface area contributed by atoms with Crippen LogP contribution in [-0.2, 0) is 16.1 Å². The molecule has 1 aliphatic heterocycles. The molecule has 1 fully saturated rings. The van der Waals surface area contributed by atoms with E-state index in [0.717, 1.165) is 25.2 Å². The number of carbonyl (C=O) groups excluding carboxylic acids is 2. The number of piperazine rings is 1. The number of carbonyl (C=O) groups is 2. The zero-order valence-electron chi connectivity index (χ0n) is 16.0. The molecule has 0 unspecified atom stereocenters. The molecule has 27 heavy (non-hydrogen) atoms. The third-order valence-electron chi connectivity index (χ3n) is 4.96. The van der Waals surface area contributed by atoms with Crippen molar-refractivity contribution in [2.75, 3.05) is 26.2 Å². The number of amides is 1. The van der Waals surface area contributed by atoms with Crippen molar-refractivity contribution < 1.29 is 19.2 Å². The van der Waals surface area contributed by atoms with E-state index >= 15 is 0 Å². The number of rotatable bonds is 5. The molecule has 5 nitrogen and oxygen atoms in total. The first-order chi connectivity index (χ1) is 13.0. The van der Waals surface area contributed by atoms with Crippen molar-refractivity contribution >= 4 is 11.9 Å². The minimum absolute atomic E-state index is 0.116. The van der Waals surface area contributed by atoms with Gasteiger partial charge in [0.15, 0.2) is 6.10 Å². The highest BCUT2D eigenvalue weighted by atomic mass is 16.5. The lowest BCUT2D eigenvalue weighted by Crippen LogP contribution is -3.13. The van der Waals surface area contributed by atoms with Crippen molar-refractivity contribution in [1.29, 1.82) is 0 Å². The minimum Gasteiger partial charge on any atom is -0.449 e. The van der Waals surface area contributed by atoms with E-state index in [9.17, 15) is 9.59 Å². The number of esters is 1. The summed E-state index contributed by atoms with van der Waals surface area (Å²) in [5, 5.41) is 0. The number of nitrogens with one attached hydrogen (secondary N) is 1. The molecule has 1 N–H and O–H groups in total. The fourth-order valence-corrected chi connectivity index (χ4v) is 3.41. The van der Waals surface area contributed by atoms with Crippen molar-refractivity contribution in [2.45, 2.75) is 26.5 Å². The molecule has 3 rings (SSSR count). The average molecular weight is 367 g/mol. The molecule has 1 atom stereocenters. The van der Waals surface area contributed by atoms with E-state index in [0.29, 0.717) is 18.7 Å². The highest BCUT2D eigenvalue weighted by Crippen LogP contribution is 2.09. The smallest absolute Gasteiger partial charge is 0.338 e. The standard InChI is InChI=1S/C22H26N2O3/c1-17-7-6-10-20(15-17)22(26)27-18(2)21(25)24-13-11-23(12-14-24)16-19-8-4-3-5-9-19/h3-10,15,18H,11-14,16H2,1-2H3/p+1/t18-/m1/s1. The maximum absolute atomic E-state index is 12.6. The first-order valence-electron chi connectivity index (χ1n) is 9.47. The Balaban J connectivity index is 1.49. The molecule has 0 aliphatic carbocycles. The lowest BCUT2D eigenvalue weighted by molar-refractivity contribution is -0.917. The Labute approximate surface area is 160 Å². The Hall–Kier alpha value is -2.66. The van der Waals surface area contributed by atoms with Crippen molar-refractivity contribution in [3.8, 4) is 0 Å². The zero-order valence-corrected chi connectivity index (χ0v) is 16.0. The Morgan fingerprint density at radius 3 is 2.44 bits per heavy atom. The summed E-state index contributed by atoms with van der Waals surface area (Å²) in [7, 11) is 0. The fraction of sp³-hybridized carbons (Fsp3) is 0.364. The molecule has 1 aliphatic rings. The molecule has 0 saturated carbocycles. The predicted octanol–water partition coefficient (Wildman–Crippen LogP) is 1.47. The van der Waals surface area contributed by atoms with E-state index < -0.39 is 12.1 Å². The molecule has 2 aromatic rings. The first kappa shape index (κ1) is 19.1. The average Bonchev–Trinajstić information content (AvgIpc) is 2.69. The van der Waals surface area contributed by atoms with E-state index in [-0.39, 0.29) is 5.91 Å². The van der Waals surface area contributed by atoms with Gasteiger partial charge in [0.25, 0.3) is 5.91 Å². The SMILES string of the molecule is Cc1cccc(C(=O)O[C@H](C)C(=O)N2CC[NH+](Cc3ccccc3)CC2)c1. The van der Waals surface area contributed by atoms with Crippen LogP contribution < -0.4 is 4.90 Å². The van der Waals surface area contributed by atoms with Crippen molar-refractivity contribution in [2.24, 2.45) is 0 Å². The summed E-state index contributed by atoms with van der Waals surface area (Å²) in [5.41, 5.74) is 2.78. The van der Waals surface area contributed by atoms with Crippen LogP contribution in [0.1, 0.15) is 28.4 Å². The number of aryl methyl sites for hydroxylation is 1. The van der Waals surface area contributed by atoms with Crippen molar-refractivity contribution in [1.82, 2.24) is 4.90 Å². The topological polar surface area (TPSA) is 51.1 Å². The summed E-state index contributed by atoms with van der Waals surface area (Å²) in [6, 6.07) is 17.6. The number of quaternary nitrogens is 1. The van der Waals surface area contributed by atoms with E-state index in [4.69, 9.17) is 4.74 Å². The molecule has 142 valence electrons. The van der Waals surface area contributed by atoms with Gasteiger partial charge in [-0.1, -0.05) is 48.0 Å². The number of hydrogen-bond donors (Lipinski definition) is 1. The van der Waals surface area contributed by atoms with Gasteiger partial charge in [-0.2, -0.15) is 0 Å². The van der Waals surface area contributed by atoms with Crippen LogP contribution in [0.3, 0.4) is 0 Å². The number of nitrogens with zero attached hydrogens (tertiary/aromatic N) is 1. The predicted molar refractivity (Wildman–Crippen MR) is 103 cm³/mol. The van der Waals surface area contributed by atoms with Crippen molar-refractivity contribution in [3.05, 3.63) is 71.3 Å². The summed E-state index contributed by atoms with van der Waals surface area (Å²) in [6.07, 6.45) is -0.770. The van der Waals surface area contributed by atoms with Crippen LogP contribution in [0, 0.1) is 6.92 Å². The molecular formula is C22H27N2O3+. The molecule has 0 aromatic heterocycles. The molecule has 0 bridgehead atoms. The Bertz CT molecular complexity index is 783. The van der Waals surface area contributed by atoms with Gasteiger partial charge in [-0.05, 0) is 26.0 Å². The fourth-order valence-electron chi connectivity index (χ4n) is 3.41. The van der Waals surface area contributed by atoms with Crippen molar-refractivity contribution in [3.63, 3.8) is 0 Å². The van der Waals surface area contributed by atoms with Crippen LogP contribution >= 0.6 is 0 Å². The Morgan fingerprint density at radius 2 is 1.78 bits per heavy atom. The number of hydrogen-bond acceptors (Lipinski definition) is 3. The maximum Gasteiger partial charge on any atom is 0.338 e. The second kappa shape index (κ2) is 8.82. The van der Waals surface area contributed by atoms with Gasteiger partial charge in [0.05, 0.1) is 31.7 Å². The Kier molecular flexibility index (Phi) is 6.24. The highest BCUT2D eigenvalue weighted by Gasteiger charge is 2.29. The van der Waals surface area contributed by atoms with Crippen LogP contribution in [0.25, 0.3) is 0 Å². The second-order valence-corrected chi connectivity index (χ2v) is 7.15. The van der Waals surface area contributed by atoms with Gasteiger partial charge in [-0.15, -0.1) is 0 Å². The third-order valence-corrected chi connectivity index (χ3v) is 4.96. The van der Waals surface area contributed by atoms with Crippen LogP contribution in [0.4, 0.5) is 0 Å². The van der Waals surface area contributed by atoms with Gasteiger partial charge in [-0.3, -0.25) is 4.79 Å². The lowest BCUT2D eigenvalue weighted by atomic mass is 10.1.